The molecule has 6 amide bonds. The van der Waals surface area contributed by atoms with Crippen molar-refractivity contribution in [3.63, 3.8) is 0 Å². The normalized spacial score (nSPS) is 16.6. The van der Waals surface area contributed by atoms with E-state index in [9.17, 15) is 24.0 Å². The van der Waals surface area contributed by atoms with Crippen LogP contribution in [-0.4, -0.2) is 96.8 Å². The molecule has 0 saturated carbocycles. The fourth-order valence-electron chi connectivity index (χ4n) is 6.13. The number of hydrogen-bond acceptors (Lipinski definition) is 9. The number of urea groups is 1. The second-order valence-corrected chi connectivity index (χ2v) is 12.4. The number of ether oxygens (including phenoxy) is 3. The van der Waals surface area contributed by atoms with Gasteiger partial charge < -0.3 is 24.0 Å². The van der Waals surface area contributed by atoms with Crippen molar-refractivity contribution < 1.29 is 38.2 Å². The fourth-order valence-corrected chi connectivity index (χ4v) is 6.13. The maximum Gasteiger partial charge on any atom is 0.414 e. The smallest absolute Gasteiger partial charge is 0.414 e. The average Bonchev–Trinajstić information content (AvgIpc) is 3.18. The quantitative estimate of drug-likeness (QED) is 0.0931. The van der Waals surface area contributed by atoms with E-state index >= 15 is 0 Å². The number of β-lactam (4-membered cyclic amide) rings is 1. The molecule has 2 fully saturated rings. The van der Waals surface area contributed by atoms with Gasteiger partial charge in [-0.1, -0.05) is 91.0 Å². The van der Waals surface area contributed by atoms with Crippen LogP contribution in [0.5, 0.6) is 0 Å². The molecular weight excluding hydrogens is 668 g/mol. The maximum absolute atomic E-state index is 13.6. The number of nitrogens with zero attached hydrogens (tertiary/aromatic N) is 4. The van der Waals surface area contributed by atoms with Gasteiger partial charge in [-0.25, -0.2) is 19.2 Å². The van der Waals surface area contributed by atoms with Gasteiger partial charge in [0.05, 0.1) is 19.1 Å². The number of likely N-dealkylation sites (tertiary alicyclic amines) is 1. The van der Waals surface area contributed by atoms with Gasteiger partial charge in [0, 0.05) is 32.7 Å². The van der Waals surface area contributed by atoms with Gasteiger partial charge in [-0.2, -0.15) is 0 Å². The number of aryl methyl sites for hydroxylation is 1. The first-order valence-corrected chi connectivity index (χ1v) is 17.3. The molecule has 3 aromatic carbocycles. The Hall–Kier alpha value is -5.92. The number of guanidine groups is 1. The lowest BCUT2D eigenvalue weighted by Crippen LogP contribution is -2.67. The topological polar surface area (TPSA) is 159 Å². The van der Waals surface area contributed by atoms with E-state index in [0.29, 0.717) is 51.9 Å². The van der Waals surface area contributed by atoms with Gasteiger partial charge in [-0.05, 0) is 42.4 Å². The van der Waals surface area contributed by atoms with E-state index in [4.69, 9.17) is 14.2 Å². The zero-order valence-electron chi connectivity index (χ0n) is 29.1. The van der Waals surface area contributed by atoms with E-state index in [1.165, 1.54) is 16.9 Å². The van der Waals surface area contributed by atoms with Crippen molar-refractivity contribution in [2.45, 2.75) is 44.9 Å². The minimum Gasteiger partial charge on any atom is -0.453 e. The van der Waals surface area contributed by atoms with Gasteiger partial charge in [-0.3, -0.25) is 25.3 Å². The molecule has 2 atom stereocenters. The van der Waals surface area contributed by atoms with Crippen molar-refractivity contribution in [3.05, 3.63) is 108 Å². The van der Waals surface area contributed by atoms with Crippen LogP contribution in [0.4, 0.5) is 19.2 Å². The molecule has 2 unspecified atom stereocenters. The summed E-state index contributed by atoms with van der Waals surface area (Å²) in [5.41, 5.74) is 2.67. The summed E-state index contributed by atoms with van der Waals surface area (Å²) >= 11 is 0. The molecule has 0 spiro atoms. The summed E-state index contributed by atoms with van der Waals surface area (Å²) in [6.07, 6.45) is 0.0609. The Morgan fingerprint density at radius 1 is 0.712 bits per heavy atom. The van der Waals surface area contributed by atoms with Gasteiger partial charge in [0.15, 0.2) is 0 Å². The predicted molar refractivity (Wildman–Crippen MR) is 191 cm³/mol. The van der Waals surface area contributed by atoms with Crippen LogP contribution in [0, 0.1) is 5.92 Å². The van der Waals surface area contributed by atoms with E-state index in [1.807, 2.05) is 91.0 Å². The van der Waals surface area contributed by atoms with Gasteiger partial charge in [0.1, 0.15) is 13.2 Å². The zero-order chi connectivity index (χ0) is 36.7. The number of benzene rings is 3. The SMILES string of the molecule is COC(=O)N1CCN(C(=O)N2C(=O)C(CCCN=C(NC(=O)OCc3ccccc3)NC(=O)OCc3ccccc3)C2CCc2ccccc2)CC1. The van der Waals surface area contributed by atoms with Gasteiger partial charge in [0.25, 0.3) is 0 Å². The first kappa shape index (κ1) is 37.3. The van der Waals surface area contributed by atoms with Crippen molar-refractivity contribution in [2.24, 2.45) is 10.9 Å². The number of piperazine rings is 1. The Bertz CT molecular complexity index is 1620. The van der Waals surface area contributed by atoms with Crippen LogP contribution < -0.4 is 10.6 Å². The first-order valence-electron chi connectivity index (χ1n) is 17.3. The molecule has 3 aromatic rings. The van der Waals surface area contributed by atoms with E-state index in [-0.39, 0.29) is 43.7 Å². The fraction of sp³-hybridized carbons (Fsp3) is 0.368. The summed E-state index contributed by atoms with van der Waals surface area (Å²) in [4.78, 5) is 73.2. The minimum absolute atomic E-state index is 0.0166. The highest BCUT2D eigenvalue weighted by Gasteiger charge is 2.51. The predicted octanol–water partition coefficient (Wildman–Crippen LogP) is 4.94. The lowest BCUT2D eigenvalue weighted by molar-refractivity contribution is -0.152. The Morgan fingerprint density at radius 2 is 1.21 bits per heavy atom. The summed E-state index contributed by atoms with van der Waals surface area (Å²) in [6.45, 7) is 1.43. The number of carbonyl (C=O) groups is 5. The number of methoxy groups -OCH3 is 1. The Labute approximate surface area is 302 Å². The molecule has 0 aromatic heterocycles. The van der Waals surface area contributed by atoms with Gasteiger partial charge in [-0.15, -0.1) is 0 Å². The van der Waals surface area contributed by atoms with Crippen LogP contribution in [0.3, 0.4) is 0 Å². The van der Waals surface area contributed by atoms with Crippen LogP contribution in [0.15, 0.2) is 96.0 Å². The molecule has 0 bridgehead atoms. The molecule has 14 heteroatoms. The number of rotatable bonds is 11. The number of imide groups is 1. The monoisotopic (exact) mass is 712 g/mol. The summed E-state index contributed by atoms with van der Waals surface area (Å²) in [7, 11) is 1.32. The molecule has 0 aliphatic carbocycles. The third-order valence-corrected chi connectivity index (χ3v) is 8.92. The molecule has 274 valence electrons. The number of hydrogen-bond donors (Lipinski definition) is 2. The molecular formula is C38H44N6O8. The molecule has 2 N–H and O–H groups in total. The summed E-state index contributed by atoms with van der Waals surface area (Å²) in [5.74, 6) is -0.817. The number of aliphatic imine (C=N–C) groups is 1. The van der Waals surface area contributed by atoms with Crippen molar-refractivity contribution in [1.82, 2.24) is 25.3 Å². The average molecular weight is 713 g/mol. The summed E-state index contributed by atoms with van der Waals surface area (Å²) in [5, 5.41) is 4.96. The van der Waals surface area contributed by atoms with Crippen molar-refractivity contribution in [3.8, 4) is 0 Å². The molecule has 52 heavy (non-hydrogen) atoms. The highest BCUT2D eigenvalue weighted by molar-refractivity contribution is 6.02. The first-order chi connectivity index (χ1) is 25.3. The zero-order valence-corrected chi connectivity index (χ0v) is 29.1. The van der Waals surface area contributed by atoms with Gasteiger partial charge >= 0.3 is 24.3 Å². The lowest BCUT2D eigenvalue weighted by atomic mass is 9.80. The second-order valence-electron chi connectivity index (χ2n) is 12.4. The van der Waals surface area contributed by atoms with E-state index < -0.39 is 24.2 Å². The number of carbonyl (C=O) groups excluding carboxylic acids is 5. The Balaban J connectivity index is 1.19. The molecule has 5 rings (SSSR count). The van der Waals surface area contributed by atoms with Crippen LogP contribution >= 0.6 is 0 Å². The molecule has 2 heterocycles. The number of nitrogens with one attached hydrogen (secondary N) is 2. The standard InChI is InChI=1S/C38H44N6O8/c1-50-38(49)43-24-22-42(23-25-43)37(48)44-32(20-19-28-12-5-2-6-13-28)31(33(44)45)18-11-21-39-34(40-35(46)51-26-29-14-7-3-8-15-29)41-36(47)52-27-30-16-9-4-10-17-30/h2-10,12-17,31-32H,11,18-27H2,1H3,(H2,39,40,41,46,47). The molecule has 2 aliphatic rings. The van der Waals surface area contributed by atoms with Crippen molar-refractivity contribution >= 4 is 36.2 Å². The number of amides is 6. The largest absolute Gasteiger partial charge is 0.453 e. The maximum atomic E-state index is 13.6. The minimum atomic E-state index is -0.817. The van der Waals surface area contributed by atoms with E-state index in [0.717, 1.165) is 16.7 Å². The lowest BCUT2D eigenvalue weighted by Gasteiger charge is -2.48. The van der Waals surface area contributed by atoms with Crippen LogP contribution in [0.2, 0.25) is 0 Å². The molecule has 0 radical (unpaired) electrons. The van der Waals surface area contributed by atoms with Crippen molar-refractivity contribution in [2.75, 3.05) is 39.8 Å². The Morgan fingerprint density at radius 3 is 1.73 bits per heavy atom. The molecule has 14 nitrogen and oxygen atoms in total. The van der Waals surface area contributed by atoms with Crippen LogP contribution in [0.25, 0.3) is 0 Å². The van der Waals surface area contributed by atoms with Crippen LogP contribution in [-0.2, 0) is 38.6 Å². The number of alkyl carbamates (subject to hydrolysis) is 2. The third-order valence-electron chi connectivity index (χ3n) is 8.92. The highest BCUT2D eigenvalue weighted by Crippen LogP contribution is 2.35. The van der Waals surface area contributed by atoms with Crippen molar-refractivity contribution in [1.29, 1.82) is 0 Å². The highest BCUT2D eigenvalue weighted by atomic mass is 16.6. The Kier molecular flexibility index (Phi) is 13.6. The molecule has 2 aliphatic heterocycles. The van der Waals surface area contributed by atoms with E-state index in [2.05, 4.69) is 15.6 Å². The second kappa shape index (κ2) is 18.9. The van der Waals surface area contributed by atoms with Gasteiger partial charge in [0.2, 0.25) is 11.9 Å². The summed E-state index contributed by atoms with van der Waals surface area (Å²) < 4.78 is 15.4. The van der Waals surface area contributed by atoms with Crippen LogP contribution in [0.1, 0.15) is 36.0 Å². The summed E-state index contributed by atoms with van der Waals surface area (Å²) in [6, 6.07) is 27.5. The third kappa shape index (κ3) is 10.5. The van der Waals surface area contributed by atoms with E-state index in [1.54, 1.807) is 4.90 Å². The molecule has 2 saturated heterocycles.